The molecule has 61 valence electrons. The first-order valence-corrected chi connectivity index (χ1v) is 4.32. The van der Waals surface area contributed by atoms with Gasteiger partial charge in [-0.25, -0.2) is 4.98 Å². The Kier molecular flexibility index (Phi) is 3.14. The fraction of sp³-hybridized carbons (Fsp3) is 0.667. The van der Waals surface area contributed by atoms with Crippen LogP contribution in [0.2, 0.25) is 0 Å². The molecular formula is C9H15N2. The Labute approximate surface area is 68.0 Å². The van der Waals surface area contributed by atoms with E-state index in [1.54, 1.807) is 0 Å². The Balaban J connectivity index is 2.62. The van der Waals surface area contributed by atoms with E-state index in [1.165, 1.54) is 17.8 Å². The van der Waals surface area contributed by atoms with Crippen LogP contribution in [0.15, 0.2) is 0 Å². The first-order valence-electron chi connectivity index (χ1n) is 4.32. The summed E-state index contributed by atoms with van der Waals surface area (Å²) in [7, 11) is 0. The standard InChI is InChI=1S/C9H15N2/c1-3-5-8-9(6-4-2)11-7-10-8/h3-6H2,1-2H3,(H,10,11). The van der Waals surface area contributed by atoms with Crippen LogP contribution in [0.3, 0.4) is 0 Å². The Morgan fingerprint density at radius 1 is 1.27 bits per heavy atom. The minimum atomic E-state index is 1.08. The summed E-state index contributed by atoms with van der Waals surface area (Å²) in [6.07, 6.45) is 7.31. The smallest absolute Gasteiger partial charge is 0.174 e. The molecule has 0 fully saturated rings. The van der Waals surface area contributed by atoms with Crippen molar-refractivity contribution in [3.63, 3.8) is 0 Å². The van der Waals surface area contributed by atoms with Crippen molar-refractivity contribution < 1.29 is 0 Å². The predicted octanol–water partition coefficient (Wildman–Crippen LogP) is 2.11. The van der Waals surface area contributed by atoms with Crippen LogP contribution in [-0.2, 0) is 12.8 Å². The highest BCUT2D eigenvalue weighted by atomic mass is 14.9. The maximum atomic E-state index is 4.14. The molecule has 0 bridgehead atoms. The second kappa shape index (κ2) is 4.16. The number of aromatic nitrogens is 2. The van der Waals surface area contributed by atoms with E-state index < -0.39 is 0 Å². The maximum absolute atomic E-state index is 4.14. The number of nitrogens with one attached hydrogen (secondary N) is 1. The monoisotopic (exact) mass is 151 g/mol. The molecule has 1 radical (unpaired) electrons. The summed E-state index contributed by atoms with van der Waals surface area (Å²) in [6.45, 7) is 4.35. The van der Waals surface area contributed by atoms with Crippen molar-refractivity contribution in [2.24, 2.45) is 0 Å². The quantitative estimate of drug-likeness (QED) is 0.701. The predicted molar refractivity (Wildman–Crippen MR) is 45.4 cm³/mol. The summed E-state index contributed by atoms with van der Waals surface area (Å²) in [5.74, 6) is 0. The summed E-state index contributed by atoms with van der Waals surface area (Å²) in [6, 6.07) is 0. The van der Waals surface area contributed by atoms with Gasteiger partial charge in [0, 0.05) is 5.69 Å². The maximum Gasteiger partial charge on any atom is 0.174 e. The van der Waals surface area contributed by atoms with E-state index in [1.807, 2.05) is 0 Å². The number of imidazole rings is 1. The topological polar surface area (TPSA) is 28.7 Å². The average Bonchev–Trinajstić information content (AvgIpc) is 2.39. The van der Waals surface area contributed by atoms with E-state index in [-0.39, 0.29) is 0 Å². The Morgan fingerprint density at radius 3 is 2.64 bits per heavy atom. The van der Waals surface area contributed by atoms with Gasteiger partial charge in [0.05, 0.1) is 5.69 Å². The summed E-state index contributed by atoms with van der Waals surface area (Å²) in [4.78, 5) is 7.20. The third kappa shape index (κ3) is 2.07. The van der Waals surface area contributed by atoms with Gasteiger partial charge in [-0.3, -0.25) is 0 Å². The van der Waals surface area contributed by atoms with Gasteiger partial charge in [-0.05, 0) is 12.8 Å². The molecular weight excluding hydrogens is 136 g/mol. The summed E-state index contributed by atoms with van der Waals surface area (Å²) >= 11 is 0. The normalized spacial score (nSPS) is 10.4. The van der Waals surface area contributed by atoms with Gasteiger partial charge < -0.3 is 4.98 Å². The van der Waals surface area contributed by atoms with Crippen LogP contribution in [0, 0.1) is 6.33 Å². The van der Waals surface area contributed by atoms with Crippen molar-refractivity contribution in [1.82, 2.24) is 9.97 Å². The number of aryl methyl sites for hydroxylation is 2. The lowest BCUT2D eigenvalue weighted by molar-refractivity contribution is 0.831. The number of hydrogen-bond donors (Lipinski definition) is 1. The molecule has 1 heterocycles. The molecule has 1 aromatic rings. The second-order valence-electron chi connectivity index (χ2n) is 2.77. The van der Waals surface area contributed by atoms with Crippen LogP contribution in [0.4, 0.5) is 0 Å². The van der Waals surface area contributed by atoms with Crippen molar-refractivity contribution in [3.8, 4) is 0 Å². The molecule has 0 atom stereocenters. The van der Waals surface area contributed by atoms with Crippen LogP contribution >= 0.6 is 0 Å². The van der Waals surface area contributed by atoms with E-state index >= 15 is 0 Å². The lowest BCUT2D eigenvalue weighted by Gasteiger charge is -1.97. The summed E-state index contributed by atoms with van der Waals surface area (Å²) in [5.41, 5.74) is 2.48. The van der Waals surface area contributed by atoms with Gasteiger partial charge in [0.25, 0.3) is 0 Å². The highest BCUT2D eigenvalue weighted by molar-refractivity contribution is 5.10. The zero-order valence-corrected chi connectivity index (χ0v) is 7.28. The van der Waals surface area contributed by atoms with Gasteiger partial charge in [0.15, 0.2) is 6.33 Å². The fourth-order valence-electron chi connectivity index (χ4n) is 1.20. The second-order valence-corrected chi connectivity index (χ2v) is 2.77. The SMILES string of the molecule is CCCc1n[c][nH]c1CCC. The van der Waals surface area contributed by atoms with Gasteiger partial charge in [-0.15, -0.1) is 0 Å². The highest BCUT2D eigenvalue weighted by Crippen LogP contribution is 2.07. The molecule has 0 saturated heterocycles. The Hall–Kier alpha value is -0.790. The zero-order valence-electron chi connectivity index (χ0n) is 7.28. The summed E-state index contributed by atoms with van der Waals surface area (Å²) in [5, 5.41) is 0. The fourth-order valence-corrected chi connectivity index (χ4v) is 1.20. The third-order valence-corrected chi connectivity index (χ3v) is 1.73. The molecule has 0 spiro atoms. The number of H-pyrrole nitrogens is 1. The van der Waals surface area contributed by atoms with Crippen molar-refractivity contribution >= 4 is 0 Å². The number of aromatic amines is 1. The van der Waals surface area contributed by atoms with Crippen molar-refractivity contribution in [2.75, 3.05) is 0 Å². The van der Waals surface area contributed by atoms with Crippen LogP contribution in [0.5, 0.6) is 0 Å². The molecule has 0 aliphatic carbocycles. The van der Waals surface area contributed by atoms with E-state index in [2.05, 4.69) is 30.1 Å². The molecule has 2 nitrogen and oxygen atoms in total. The summed E-state index contributed by atoms with van der Waals surface area (Å²) < 4.78 is 0. The van der Waals surface area contributed by atoms with Gasteiger partial charge in [-0.2, -0.15) is 0 Å². The van der Waals surface area contributed by atoms with Crippen LogP contribution in [0.1, 0.15) is 38.1 Å². The molecule has 0 aliphatic rings. The van der Waals surface area contributed by atoms with E-state index in [9.17, 15) is 0 Å². The van der Waals surface area contributed by atoms with Gasteiger partial charge in [0.1, 0.15) is 0 Å². The molecule has 0 aliphatic heterocycles. The lowest BCUT2D eigenvalue weighted by Crippen LogP contribution is -1.91. The first kappa shape index (κ1) is 8.31. The molecule has 1 rings (SSSR count). The van der Waals surface area contributed by atoms with Crippen LogP contribution in [-0.4, -0.2) is 9.97 Å². The molecule has 0 aromatic carbocycles. The van der Waals surface area contributed by atoms with Gasteiger partial charge in [0.2, 0.25) is 0 Å². The number of rotatable bonds is 4. The molecule has 0 amide bonds. The van der Waals surface area contributed by atoms with Crippen molar-refractivity contribution in [3.05, 3.63) is 17.7 Å². The number of nitrogens with zero attached hydrogens (tertiary/aromatic N) is 1. The molecule has 0 unspecified atom stereocenters. The van der Waals surface area contributed by atoms with Crippen molar-refractivity contribution in [1.29, 1.82) is 0 Å². The largest absolute Gasteiger partial charge is 0.339 e. The molecule has 0 saturated carbocycles. The number of hydrogen-bond acceptors (Lipinski definition) is 1. The van der Waals surface area contributed by atoms with Gasteiger partial charge in [-0.1, -0.05) is 26.7 Å². The van der Waals surface area contributed by atoms with E-state index in [0.717, 1.165) is 19.3 Å². The molecule has 1 N–H and O–H groups in total. The Morgan fingerprint density at radius 2 is 2.00 bits per heavy atom. The van der Waals surface area contributed by atoms with Crippen LogP contribution < -0.4 is 0 Å². The zero-order chi connectivity index (χ0) is 8.10. The molecule has 11 heavy (non-hydrogen) atoms. The minimum Gasteiger partial charge on any atom is -0.339 e. The minimum absolute atomic E-state index is 1.08. The van der Waals surface area contributed by atoms with Gasteiger partial charge >= 0.3 is 0 Å². The molecule has 2 heteroatoms. The van der Waals surface area contributed by atoms with Crippen molar-refractivity contribution in [2.45, 2.75) is 39.5 Å². The average molecular weight is 151 g/mol. The van der Waals surface area contributed by atoms with Crippen LogP contribution in [0.25, 0.3) is 0 Å². The van der Waals surface area contributed by atoms with E-state index in [0.29, 0.717) is 0 Å². The van der Waals surface area contributed by atoms with E-state index in [4.69, 9.17) is 0 Å². The molecule has 1 aromatic heterocycles. The first-order chi connectivity index (χ1) is 5.38. The third-order valence-electron chi connectivity index (χ3n) is 1.73. The lowest BCUT2D eigenvalue weighted by atomic mass is 10.1. The Bertz CT molecular complexity index is 183. The highest BCUT2D eigenvalue weighted by Gasteiger charge is 2.02.